The molecule has 0 spiro atoms. The number of thiophene rings is 2. The van der Waals surface area contributed by atoms with Crippen LogP contribution in [0.4, 0.5) is 13.2 Å². The summed E-state index contributed by atoms with van der Waals surface area (Å²) in [4.78, 5) is 20.0. The monoisotopic (exact) mass is 398 g/mol. The first-order chi connectivity index (χ1) is 12.4. The molecule has 1 aliphatic heterocycles. The molecule has 0 atom stereocenters. The van der Waals surface area contributed by atoms with Gasteiger partial charge in [-0.2, -0.15) is 13.2 Å². The quantitative estimate of drug-likeness (QED) is 0.638. The van der Waals surface area contributed by atoms with Gasteiger partial charge in [0.25, 0.3) is 5.91 Å². The number of hydrogen-bond acceptors (Lipinski definition) is 5. The number of halogens is 3. The van der Waals surface area contributed by atoms with Crippen molar-refractivity contribution >= 4 is 38.8 Å². The number of amides is 1. The normalized spacial score (nSPS) is 15.6. The van der Waals surface area contributed by atoms with E-state index in [1.807, 2.05) is 17.5 Å². The second-order valence-corrected chi connectivity index (χ2v) is 7.76. The van der Waals surface area contributed by atoms with Crippen LogP contribution >= 0.6 is 22.7 Å². The summed E-state index contributed by atoms with van der Waals surface area (Å²) in [6.45, 7) is 1.86. The zero-order valence-corrected chi connectivity index (χ0v) is 15.0. The minimum atomic E-state index is -4.47. The number of ether oxygens (including phenoxy) is 1. The molecule has 3 aromatic heterocycles. The largest absolute Gasteiger partial charge is 0.417 e. The lowest BCUT2D eigenvalue weighted by molar-refractivity contribution is -0.137. The first-order valence-corrected chi connectivity index (χ1v) is 9.55. The summed E-state index contributed by atoms with van der Waals surface area (Å²) in [7, 11) is 0. The van der Waals surface area contributed by atoms with Crippen LogP contribution in [-0.2, 0) is 10.9 Å². The fourth-order valence-electron chi connectivity index (χ4n) is 2.84. The topological polar surface area (TPSA) is 42.4 Å². The molecule has 1 aliphatic rings. The third-order valence-electron chi connectivity index (χ3n) is 4.12. The SMILES string of the molecule is O=C(c1sc2cc(C(F)(F)F)cnc2c1-c1cccs1)N1CCOCC1. The number of hydrogen-bond donors (Lipinski definition) is 0. The average molecular weight is 398 g/mol. The van der Waals surface area contributed by atoms with Crippen LogP contribution in [0.5, 0.6) is 0 Å². The van der Waals surface area contributed by atoms with E-state index in [0.717, 1.165) is 28.5 Å². The number of alkyl halides is 3. The summed E-state index contributed by atoms with van der Waals surface area (Å²) < 4.78 is 44.7. The summed E-state index contributed by atoms with van der Waals surface area (Å²) in [5.74, 6) is -0.187. The van der Waals surface area contributed by atoms with Gasteiger partial charge in [-0.3, -0.25) is 9.78 Å². The highest BCUT2D eigenvalue weighted by atomic mass is 32.1. The van der Waals surface area contributed by atoms with Crippen molar-refractivity contribution in [2.24, 2.45) is 0 Å². The van der Waals surface area contributed by atoms with Crippen LogP contribution in [0, 0.1) is 0 Å². The van der Waals surface area contributed by atoms with Crippen molar-refractivity contribution in [3.63, 3.8) is 0 Å². The summed E-state index contributed by atoms with van der Waals surface area (Å²) in [5.41, 5.74) is 0.238. The van der Waals surface area contributed by atoms with E-state index in [1.54, 1.807) is 4.90 Å². The van der Waals surface area contributed by atoms with Crippen molar-refractivity contribution < 1.29 is 22.7 Å². The molecule has 0 aromatic carbocycles. The summed E-state index contributed by atoms with van der Waals surface area (Å²) >= 11 is 2.50. The minimum Gasteiger partial charge on any atom is -0.378 e. The molecular formula is C17H13F3N2O2S2. The third-order valence-corrected chi connectivity index (χ3v) is 6.12. The molecule has 1 saturated heterocycles. The Labute approximate surface area is 154 Å². The molecule has 26 heavy (non-hydrogen) atoms. The zero-order valence-electron chi connectivity index (χ0n) is 13.4. The number of fused-ring (bicyclic) bond motifs is 1. The first kappa shape index (κ1) is 17.4. The van der Waals surface area contributed by atoms with E-state index < -0.39 is 11.7 Å². The first-order valence-electron chi connectivity index (χ1n) is 7.86. The third kappa shape index (κ3) is 3.10. The van der Waals surface area contributed by atoms with Gasteiger partial charge in [-0.1, -0.05) is 6.07 Å². The van der Waals surface area contributed by atoms with E-state index >= 15 is 0 Å². The highest BCUT2D eigenvalue weighted by molar-refractivity contribution is 7.22. The maximum Gasteiger partial charge on any atom is 0.417 e. The van der Waals surface area contributed by atoms with E-state index in [0.29, 0.717) is 47.0 Å². The molecule has 3 aromatic rings. The standard InChI is InChI=1S/C17H13F3N2O2S2/c18-17(19,20)10-8-12-14(21-9-10)13(11-2-1-7-25-11)15(26-12)16(23)22-3-5-24-6-4-22/h1-2,7-9H,3-6H2. The molecule has 9 heteroatoms. The van der Waals surface area contributed by atoms with Gasteiger partial charge in [-0.05, 0) is 17.5 Å². The van der Waals surface area contributed by atoms with Crippen molar-refractivity contribution in [2.45, 2.75) is 6.18 Å². The predicted octanol–water partition coefficient (Wildman–Crippen LogP) is 4.52. The Morgan fingerprint density at radius 2 is 2.04 bits per heavy atom. The fraction of sp³-hybridized carbons (Fsp3) is 0.294. The smallest absolute Gasteiger partial charge is 0.378 e. The van der Waals surface area contributed by atoms with Crippen LogP contribution in [0.3, 0.4) is 0 Å². The summed E-state index contributed by atoms with van der Waals surface area (Å²) in [6.07, 6.45) is -3.64. The lowest BCUT2D eigenvalue weighted by Gasteiger charge is -2.26. The Morgan fingerprint density at radius 1 is 1.27 bits per heavy atom. The van der Waals surface area contributed by atoms with Gasteiger partial charge < -0.3 is 9.64 Å². The lowest BCUT2D eigenvalue weighted by atomic mass is 10.1. The molecule has 0 N–H and O–H groups in total. The Morgan fingerprint density at radius 3 is 2.69 bits per heavy atom. The fourth-order valence-corrected chi connectivity index (χ4v) is 4.87. The van der Waals surface area contributed by atoms with Crippen LogP contribution in [0.25, 0.3) is 20.7 Å². The van der Waals surface area contributed by atoms with Crippen molar-refractivity contribution in [3.05, 3.63) is 40.2 Å². The van der Waals surface area contributed by atoms with Crippen LogP contribution in [0.2, 0.25) is 0 Å². The molecule has 1 fully saturated rings. The molecule has 0 aliphatic carbocycles. The van der Waals surface area contributed by atoms with Crippen LogP contribution in [0.15, 0.2) is 29.8 Å². The molecule has 4 nitrogen and oxygen atoms in total. The van der Waals surface area contributed by atoms with Gasteiger partial charge in [-0.15, -0.1) is 22.7 Å². The zero-order chi connectivity index (χ0) is 18.3. The molecule has 136 valence electrons. The molecule has 4 heterocycles. The van der Waals surface area contributed by atoms with Crippen molar-refractivity contribution in [1.82, 2.24) is 9.88 Å². The maximum atomic E-state index is 13.0. The summed E-state index contributed by atoms with van der Waals surface area (Å²) in [6, 6.07) is 4.76. The molecule has 0 unspecified atom stereocenters. The van der Waals surface area contributed by atoms with Crippen LogP contribution in [-0.4, -0.2) is 42.1 Å². The van der Waals surface area contributed by atoms with Gasteiger partial charge >= 0.3 is 6.18 Å². The Kier molecular flexibility index (Phi) is 4.45. The Bertz CT molecular complexity index is 945. The van der Waals surface area contributed by atoms with Crippen LogP contribution in [0.1, 0.15) is 15.2 Å². The van der Waals surface area contributed by atoms with Gasteiger partial charge in [0.1, 0.15) is 4.88 Å². The van der Waals surface area contributed by atoms with E-state index in [9.17, 15) is 18.0 Å². The van der Waals surface area contributed by atoms with Gasteiger partial charge in [0.2, 0.25) is 0 Å². The van der Waals surface area contributed by atoms with E-state index in [-0.39, 0.29) is 5.91 Å². The van der Waals surface area contributed by atoms with E-state index in [2.05, 4.69) is 4.98 Å². The van der Waals surface area contributed by atoms with Crippen molar-refractivity contribution in [3.8, 4) is 10.4 Å². The second kappa shape index (κ2) is 6.64. The molecule has 1 amide bonds. The Hall–Kier alpha value is -1.97. The molecule has 0 radical (unpaired) electrons. The van der Waals surface area contributed by atoms with Crippen LogP contribution < -0.4 is 0 Å². The second-order valence-electron chi connectivity index (χ2n) is 5.76. The number of carbonyl (C=O) groups is 1. The highest BCUT2D eigenvalue weighted by Gasteiger charge is 2.33. The number of morpholine rings is 1. The maximum absolute atomic E-state index is 13.0. The lowest BCUT2D eigenvalue weighted by Crippen LogP contribution is -2.40. The molecule has 0 saturated carbocycles. The van der Waals surface area contributed by atoms with E-state index in [1.165, 1.54) is 11.3 Å². The molecule has 4 rings (SSSR count). The minimum absolute atomic E-state index is 0.187. The molecular weight excluding hydrogens is 385 g/mol. The number of carbonyl (C=O) groups excluding carboxylic acids is 1. The molecule has 0 bridgehead atoms. The van der Waals surface area contributed by atoms with Crippen molar-refractivity contribution in [2.75, 3.05) is 26.3 Å². The Balaban J connectivity index is 1.87. The summed E-state index contributed by atoms with van der Waals surface area (Å²) in [5, 5.41) is 1.87. The number of rotatable bonds is 2. The number of nitrogens with zero attached hydrogens (tertiary/aromatic N) is 2. The number of aromatic nitrogens is 1. The van der Waals surface area contributed by atoms with Gasteiger partial charge in [-0.25, -0.2) is 0 Å². The van der Waals surface area contributed by atoms with Gasteiger partial charge in [0.05, 0.1) is 29.0 Å². The van der Waals surface area contributed by atoms with E-state index in [4.69, 9.17) is 4.74 Å². The predicted molar refractivity (Wildman–Crippen MR) is 94.7 cm³/mol. The van der Waals surface area contributed by atoms with Gasteiger partial charge in [0, 0.05) is 29.7 Å². The van der Waals surface area contributed by atoms with Crippen molar-refractivity contribution in [1.29, 1.82) is 0 Å². The highest BCUT2D eigenvalue weighted by Crippen LogP contribution is 2.42. The van der Waals surface area contributed by atoms with Gasteiger partial charge in [0.15, 0.2) is 0 Å². The number of pyridine rings is 1. The average Bonchev–Trinajstić information content (AvgIpc) is 3.27.